The lowest BCUT2D eigenvalue weighted by atomic mass is 9.73. The molecule has 4 heterocycles. The van der Waals surface area contributed by atoms with E-state index in [1.807, 2.05) is 11.8 Å². The quantitative estimate of drug-likeness (QED) is 0.185. The molecule has 0 bridgehead atoms. The number of halogens is 4. The number of ether oxygens (including phenoxy) is 1. The number of aromatic nitrogens is 4. The molecule has 4 unspecified atom stereocenters. The van der Waals surface area contributed by atoms with Crippen LogP contribution in [0.25, 0.3) is 0 Å². The highest BCUT2D eigenvalue weighted by atomic mass is 19.3. The van der Waals surface area contributed by atoms with E-state index in [1.54, 1.807) is 31.7 Å². The molecule has 5 rings (SSSR count). The van der Waals surface area contributed by atoms with Gasteiger partial charge in [0.15, 0.2) is 5.78 Å². The van der Waals surface area contributed by atoms with Crippen LogP contribution < -0.4 is 15.1 Å². The van der Waals surface area contributed by atoms with Crippen LogP contribution in [-0.4, -0.2) is 69.8 Å². The molecule has 2 aromatic rings. The summed E-state index contributed by atoms with van der Waals surface area (Å²) in [5, 5.41) is 6.29. The van der Waals surface area contributed by atoms with Gasteiger partial charge in [0.1, 0.15) is 17.3 Å². The van der Waals surface area contributed by atoms with Gasteiger partial charge in [0, 0.05) is 63.8 Å². The van der Waals surface area contributed by atoms with Crippen molar-refractivity contribution in [3.8, 4) is 0 Å². The first-order valence-electron chi connectivity index (χ1n) is 17.5. The Morgan fingerprint density at radius 1 is 1.08 bits per heavy atom. The number of hydrogen-bond donors (Lipinski definition) is 1. The van der Waals surface area contributed by atoms with E-state index in [-0.39, 0.29) is 48.1 Å². The number of nitrogens with zero attached hydrogens (tertiary/aromatic N) is 6. The van der Waals surface area contributed by atoms with Gasteiger partial charge in [0.25, 0.3) is 0 Å². The van der Waals surface area contributed by atoms with Crippen molar-refractivity contribution in [1.82, 2.24) is 25.4 Å². The molecule has 15 heteroatoms. The highest BCUT2D eigenvalue weighted by molar-refractivity contribution is 5.97. The number of ketones is 1. The van der Waals surface area contributed by atoms with Crippen molar-refractivity contribution >= 4 is 23.8 Å². The van der Waals surface area contributed by atoms with Crippen LogP contribution in [0.4, 0.5) is 34.3 Å². The molecule has 4 atom stereocenters. The number of amides is 1. The first-order chi connectivity index (χ1) is 24.0. The molecular weight excluding hydrogens is 670 g/mol. The lowest BCUT2D eigenvalue weighted by Gasteiger charge is -2.36. The van der Waals surface area contributed by atoms with Crippen molar-refractivity contribution in [1.29, 1.82) is 0 Å². The Bertz CT molecular complexity index is 1640. The Morgan fingerprint density at radius 2 is 1.76 bits per heavy atom. The van der Waals surface area contributed by atoms with Gasteiger partial charge in [0.2, 0.25) is 11.8 Å². The van der Waals surface area contributed by atoms with Crippen LogP contribution in [0.2, 0.25) is 0 Å². The fourth-order valence-corrected chi connectivity index (χ4v) is 7.00. The molecule has 1 aliphatic carbocycles. The molecule has 2 saturated heterocycles. The molecule has 1 N–H and O–H groups in total. The molecule has 2 aliphatic heterocycles. The summed E-state index contributed by atoms with van der Waals surface area (Å²) in [4.78, 5) is 43.2. The van der Waals surface area contributed by atoms with Crippen molar-refractivity contribution in [2.45, 2.75) is 91.2 Å². The number of anilines is 2. The summed E-state index contributed by atoms with van der Waals surface area (Å²) in [5.41, 5.74) is -0.139. The second-order valence-electron chi connectivity index (χ2n) is 14.8. The molecule has 0 aromatic carbocycles. The van der Waals surface area contributed by atoms with E-state index in [0.717, 1.165) is 38.3 Å². The number of rotatable bonds is 11. The minimum Gasteiger partial charge on any atom is -0.444 e. The summed E-state index contributed by atoms with van der Waals surface area (Å²) >= 11 is 0. The molecule has 1 amide bonds. The Kier molecular flexibility index (Phi) is 11.5. The maximum Gasteiger partial charge on any atom is 0.407 e. The molecule has 51 heavy (non-hydrogen) atoms. The van der Waals surface area contributed by atoms with Gasteiger partial charge in [-0.1, -0.05) is 31.5 Å². The van der Waals surface area contributed by atoms with Gasteiger partial charge in [0.05, 0.1) is 11.6 Å². The number of Topliss-reactive ketones (excluding diaryl/α,β-unsaturated/α-hetero) is 1. The summed E-state index contributed by atoms with van der Waals surface area (Å²) < 4.78 is 66.4. The lowest BCUT2D eigenvalue weighted by Crippen LogP contribution is -2.43. The van der Waals surface area contributed by atoms with E-state index < -0.39 is 47.1 Å². The number of alkyl carbamates (subject to hydrolysis) is 1. The van der Waals surface area contributed by atoms with Gasteiger partial charge >= 0.3 is 18.0 Å². The normalized spacial score (nSPS) is 22.4. The second-order valence-corrected chi connectivity index (χ2v) is 14.8. The van der Waals surface area contributed by atoms with E-state index in [0.29, 0.717) is 37.6 Å². The first kappa shape index (κ1) is 37.9. The molecule has 0 saturated carbocycles. The zero-order valence-corrected chi connectivity index (χ0v) is 30.0. The number of carbonyl (C=O) groups is 2. The molecular formula is C36H47F4N7O4. The molecule has 278 valence electrons. The van der Waals surface area contributed by atoms with Crippen LogP contribution in [0.15, 0.2) is 52.4 Å². The molecule has 11 nitrogen and oxygen atoms in total. The van der Waals surface area contributed by atoms with Crippen LogP contribution >= 0.6 is 0 Å². The van der Waals surface area contributed by atoms with Gasteiger partial charge in [-0.15, -0.1) is 0 Å². The summed E-state index contributed by atoms with van der Waals surface area (Å²) in [6.45, 7) is 11.8. The van der Waals surface area contributed by atoms with Crippen LogP contribution in [0, 0.1) is 23.7 Å². The third-order valence-electron chi connectivity index (χ3n) is 9.70. The lowest BCUT2D eigenvalue weighted by molar-refractivity contribution is 0.00557. The third-order valence-corrected chi connectivity index (χ3v) is 9.70. The van der Waals surface area contributed by atoms with Crippen molar-refractivity contribution < 1.29 is 36.4 Å². The van der Waals surface area contributed by atoms with Crippen molar-refractivity contribution in [3.05, 3.63) is 59.2 Å². The second kappa shape index (κ2) is 15.5. The Balaban J connectivity index is 1.25. The number of carbonyl (C=O) groups excluding carboxylic acids is 2. The van der Waals surface area contributed by atoms with Crippen LogP contribution in [0.5, 0.6) is 0 Å². The van der Waals surface area contributed by atoms with Crippen molar-refractivity contribution in [2.75, 3.05) is 36.0 Å². The van der Waals surface area contributed by atoms with E-state index in [2.05, 4.69) is 32.3 Å². The summed E-state index contributed by atoms with van der Waals surface area (Å²) in [5.74, 6) is -4.94. The van der Waals surface area contributed by atoms with Crippen LogP contribution in [0.3, 0.4) is 0 Å². The van der Waals surface area contributed by atoms with Gasteiger partial charge < -0.3 is 24.4 Å². The molecule has 2 aromatic heterocycles. The maximum atomic E-state index is 14.6. The fraction of sp³-hybridized carbons (Fsp3) is 0.611. The Labute approximate surface area is 295 Å². The molecule has 0 spiro atoms. The van der Waals surface area contributed by atoms with E-state index >= 15 is 0 Å². The van der Waals surface area contributed by atoms with Crippen LogP contribution in [-0.2, 0) is 10.7 Å². The van der Waals surface area contributed by atoms with E-state index in [4.69, 9.17) is 9.26 Å². The average molecular weight is 718 g/mol. The summed E-state index contributed by atoms with van der Waals surface area (Å²) in [6.07, 6.45) is 9.02. The van der Waals surface area contributed by atoms with E-state index in [9.17, 15) is 27.2 Å². The number of hydrogen-bond acceptors (Lipinski definition) is 10. The van der Waals surface area contributed by atoms with Gasteiger partial charge in [-0.3, -0.25) is 4.79 Å². The van der Waals surface area contributed by atoms with Crippen LogP contribution in [0.1, 0.15) is 89.8 Å². The number of allylic oxidation sites excluding steroid dienone is 5. The number of piperidine rings is 1. The number of alkyl halides is 2. The average Bonchev–Trinajstić information content (AvgIpc) is 3.72. The standard InChI is InChI=1S/C36H47F4N7O4/c1-7-8-27(21(2)22-11-13-46(14-12-22)33-44-31(45-51-33)36(6,39)40)30(48)25-17-41-32(42-18-25)47-19-24(15-23-16-26(37)9-10-28(23)38)29(20-47)43-34(49)50-35(3,4)5/h9-10,15,17-18,21-22,24,27,29H,7-8,11-14,16,19-20H2,1-6H3,(H,43,49). The van der Waals surface area contributed by atoms with Crippen molar-refractivity contribution in [3.63, 3.8) is 0 Å². The minimum atomic E-state index is -3.19. The largest absolute Gasteiger partial charge is 0.444 e. The Morgan fingerprint density at radius 3 is 2.37 bits per heavy atom. The molecule has 0 radical (unpaired) electrons. The highest BCUT2D eigenvalue weighted by Crippen LogP contribution is 2.36. The molecule has 2 fully saturated rings. The number of nitrogens with one attached hydrogen (secondary N) is 1. The zero-order chi connectivity index (χ0) is 37.1. The zero-order valence-electron chi connectivity index (χ0n) is 30.0. The van der Waals surface area contributed by atoms with Crippen molar-refractivity contribution in [2.24, 2.45) is 23.7 Å². The first-order valence-corrected chi connectivity index (χ1v) is 17.5. The SMILES string of the molecule is CCCC(C(=O)c1cnc(N2CC(C=C3CC(F)=CC=C3F)C(NC(=O)OC(C)(C)C)C2)nc1)C(C)C1CCN(c2nc(C(C)(F)F)no2)CC1. The smallest absolute Gasteiger partial charge is 0.407 e. The monoisotopic (exact) mass is 717 g/mol. The van der Waals surface area contributed by atoms with Gasteiger partial charge in [-0.25, -0.2) is 23.5 Å². The van der Waals surface area contributed by atoms with E-state index in [1.165, 1.54) is 12.4 Å². The van der Waals surface area contributed by atoms with Gasteiger partial charge in [-0.05, 0) is 69.6 Å². The predicted molar refractivity (Wildman–Crippen MR) is 183 cm³/mol. The summed E-state index contributed by atoms with van der Waals surface area (Å²) in [6, 6.07) is -0.428. The topological polar surface area (TPSA) is 127 Å². The maximum absolute atomic E-state index is 14.6. The minimum absolute atomic E-state index is 0.0403. The predicted octanol–water partition coefficient (Wildman–Crippen LogP) is 7.49. The highest BCUT2D eigenvalue weighted by Gasteiger charge is 2.38. The Hall–Kier alpha value is -4.30. The third kappa shape index (κ3) is 9.53. The fourth-order valence-electron chi connectivity index (χ4n) is 7.00. The van der Waals surface area contributed by atoms with Gasteiger partial charge in [-0.2, -0.15) is 13.8 Å². The summed E-state index contributed by atoms with van der Waals surface area (Å²) in [7, 11) is 0. The molecule has 3 aliphatic rings.